The Morgan fingerprint density at radius 2 is 0.825 bits per heavy atom. The lowest BCUT2D eigenvalue weighted by molar-refractivity contribution is 0.660. The minimum absolute atomic E-state index is 0.172. The summed E-state index contributed by atoms with van der Waals surface area (Å²) in [6, 6.07) is 79.5. The average molecular weight is 806 g/mol. The maximum absolute atomic E-state index is 2.63. The Morgan fingerprint density at radius 3 is 1.57 bits per heavy atom. The fourth-order valence-corrected chi connectivity index (χ4v) is 11.2. The first kappa shape index (κ1) is 37.3. The number of nitrogens with zero attached hydrogens (tertiary/aromatic N) is 1. The molecule has 0 radical (unpaired) electrons. The predicted octanol–water partition coefficient (Wildman–Crippen LogP) is 17.1. The van der Waals surface area contributed by atoms with Gasteiger partial charge in [-0.1, -0.05) is 210 Å². The van der Waals surface area contributed by atoms with Crippen LogP contribution in [0.3, 0.4) is 0 Å². The van der Waals surface area contributed by atoms with E-state index < -0.39 is 0 Å². The van der Waals surface area contributed by atoms with E-state index in [1.807, 2.05) is 0 Å². The van der Waals surface area contributed by atoms with E-state index in [4.69, 9.17) is 0 Å². The number of fused-ring (bicyclic) bond motifs is 8. The van der Waals surface area contributed by atoms with Gasteiger partial charge in [0.25, 0.3) is 0 Å². The van der Waals surface area contributed by atoms with E-state index in [0.29, 0.717) is 0 Å². The zero-order valence-corrected chi connectivity index (χ0v) is 36.2. The Labute approximate surface area is 370 Å². The van der Waals surface area contributed by atoms with Gasteiger partial charge in [-0.25, -0.2) is 0 Å². The normalized spacial score (nSPS) is 14.0. The van der Waals surface area contributed by atoms with Crippen LogP contribution >= 0.6 is 0 Å². The Bertz CT molecular complexity index is 3450. The lowest BCUT2D eigenvalue weighted by Gasteiger charge is -2.34. The third kappa shape index (κ3) is 5.62. The lowest BCUT2D eigenvalue weighted by atomic mass is 9.82. The molecule has 0 heterocycles. The van der Waals surface area contributed by atoms with E-state index >= 15 is 0 Å². The van der Waals surface area contributed by atoms with Crippen molar-refractivity contribution in [3.05, 3.63) is 235 Å². The molecule has 0 unspecified atom stereocenters. The molecule has 1 heteroatoms. The van der Waals surface area contributed by atoms with Crippen LogP contribution in [-0.2, 0) is 10.8 Å². The van der Waals surface area contributed by atoms with Gasteiger partial charge in [0.2, 0.25) is 0 Å². The van der Waals surface area contributed by atoms with Crippen LogP contribution in [0.5, 0.6) is 0 Å². The fraction of sp³-hybridized carbons (Fsp3) is 0.0968. The van der Waals surface area contributed by atoms with Crippen LogP contribution in [0, 0.1) is 0 Å². The smallest absolute Gasteiger partial charge is 0.0619 e. The van der Waals surface area contributed by atoms with Crippen molar-refractivity contribution in [3.63, 3.8) is 0 Å². The molecule has 0 aliphatic heterocycles. The Morgan fingerprint density at radius 1 is 0.317 bits per heavy atom. The van der Waals surface area contributed by atoms with E-state index in [0.717, 1.165) is 11.4 Å². The highest BCUT2D eigenvalue weighted by atomic mass is 15.2. The van der Waals surface area contributed by atoms with Crippen LogP contribution in [0.15, 0.2) is 212 Å². The van der Waals surface area contributed by atoms with Gasteiger partial charge in [0.05, 0.1) is 11.4 Å². The molecule has 0 saturated heterocycles. The molecule has 0 N–H and O–H groups in total. The van der Waals surface area contributed by atoms with Gasteiger partial charge in [-0.3, -0.25) is 0 Å². The van der Waals surface area contributed by atoms with Gasteiger partial charge in [-0.15, -0.1) is 0 Å². The molecule has 0 saturated carbocycles. The zero-order valence-electron chi connectivity index (χ0n) is 36.2. The number of rotatable bonds is 6. The van der Waals surface area contributed by atoms with Gasteiger partial charge in [-0.05, 0) is 113 Å². The van der Waals surface area contributed by atoms with E-state index in [2.05, 4.69) is 245 Å². The fourth-order valence-electron chi connectivity index (χ4n) is 11.2. The second-order valence-electron chi connectivity index (χ2n) is 18.4. The van der Waals surface area contributed by atoms with Gasteiger partial charge in [0.15, 0.2) is 0 Å². The maximum Gasteiger partial charge on any atom is 0.0619 e. The molecule has 0 aromatic heterocycles. The standard InChI is InChI=1S/C62H47N/c1-61(2)55-32-15-13-28-51(55)59-56(61)33-18-34-58(59)63(44-35-36-50-49-27-12-14-31-54(49)62(3,4)57(50)39-44)60-52(42-19-6-5-7-20-42)37-43(47-29-16-23-40-21-8-10-25-45(40)47)38-53(60)48-30-17-24-41-22-9-11-26-46(41)48/h5-39H,1-4H3. The van der Waals surface area contributed by atoms with Crippen LogP contribution < -0.4 is 4.90 Å². The van der Waals surface area contributed by atoms with Crippen molar-refractivity contribution in [2.45, 2.75) is 38.5 Å². The van der Waals surface area contributed by atoms with Crippen LogP contribution in [0.1, 0.15) is 49.9 Å². The van der Waals surface area contributed by atoms with Crippen LogP contribution in [0.25, 0.3) is 77.2 Å². The summed E-state index contributed by atoms with van der Waals surface area (Å²) < 4.78 is 0. The topological polar surface area (TPSA) is 3.24 Å². The predicted molar refractivity (Wildman–Crippen MR) is 268 cm³/mol. The van der Waals surface area contributed by atoms with Gasteiger partial charge >= 0.3 is 0 Å². The maximum atomic E-state index is 2.63. The summed E-state index contributed by atoms with van der Waals surface area (Å²) >= 11 is 0. The summed E-state index contributed by atoms with van der Waals surface area (Å²) in [5, 5.41) is 4.92. The van der Waals surface area contributed by atoms with Crippen molar-refractivity contribution in [2.24, 2.45) is 0 Å². The molecule has 300 valence electrons. The van der Waals surface area contributed by atoms with Crippen LogP contribution in [0.2, 0.25) is 0 Å². The molecule has 0 amide bonds. The molecule has 1 nitrogen and oxygen atoms in total. The van der Waals surface area contributed by atoms with Gasteiger partial charge < -0.3 is 4.90 Å². The minimum atomic E-state index is -0.181. The third-order valence-electron chi connectivity index (χ3n) is 14.3. The number of hydrogen-bond acceptors (Lipinski definition) is 1. The molecule has 0 spiro atoms. The molecule has 0 bridgehead atoms. The van der Waals surface area contributed by atoms with Crippen LogP contribution in [0.4, 0.5) is 17.1 Å². The zero-order chi connectivity index (χ0) is 42.5. The summed E-state index contributed by atoms with van der Waals surface area (Å²) in [6.07, 6.45) is 0. The molecule has 2 aliphatic rings. The van der Waals surface area contributed by atoms with E-state index in [9.17, 15) is 0 Å². The highest BCUT2D eigenvalue weighted by Crippen LogP contribution is 2.58. The highest BCUT2D eigenvalue weighted by Gasteiger charge is 2.40. The number of anilines is 3. The van der Waals surface area contributed by atoms with Crippen molar-refractivity contribution in [3.8, 4) is 55.6 Å². The van der Waals surface area contributed by atoms with Crippen molar-refractivity contribution in [1.82, 2.24) is 0 Å². The summed E-state index contributed by atoms with van der Waals surface area (Å²) in [6.45, 7) is 9.55. The van der Waals surface area contributed by atoms with Gasteiger partial charge in [0.1, 0.15) is 0 Å². The lowest BCUT2D eigenvalue weighted by Crippen LogP contribution is -2.18. The molecule has 0 atom stereocenters. The molecule has 10 aromatic rings. The second-order valence-corrected chi connectivity index (χ2v) is 18.4. The Kier molecular flexibility index (Phi) is 8.30. The van der Waals surface area contributed by atoms with Gasteiger partial charge in [-0.2, -0.15) is 0 Å². The summed E-state index contributed by atoms with van der Waals surface area (Å²) in [5.74, 6) is 0. The largest absolute Gasteiger partial charge is 0.309 e. The third-order valence-corrected chi connectivity index (χ3v) is 14.3. The van der Waals surface area contributed by atoms with Crippen molar-refractivity contribution in [1.29, 1.82) is 0 Å². The monoisotopic (exact) mass is 805 g/mol. The minimum Gasteiger partial charge on any atom is -0.309 e. The summed E-state index contributed by atoms with van der Waals surface area (Å²) in [4.78, 5) is 2.63. The van der Waals surface area contributed by atoms with Crippen molar-refractivity contribution in [2.75, 3.05) is 4.90 Å². The Balaban J connectivity index is 1.25. The first-order chi connectivity index (χ1) is 30.8. The first-order valence-corrected chi connectivity index (χ1v) is 22.3. The number of benzene rings is 10. The number of hydrogen-bond donors (Lipinski definition) is 0. The first-order valence-electron chi connectivity index (χ1n) is 22.3. The van der Waals surface area contributed by atoms with E-state index in [1.54, 1.807) is 0 Å². The molecular formula is C62H47N. The molecule has 10 aromatic carbocycles. The molecule has 0 fully saturated rings. The average Bonchev–Trinajstić information content (AvgIpc) is 3.71. The molecule has 12 rings (SSSR count). The molecular weight excluding hydrogens is 759 g/mol. The SMILES string of the molecule is CC1(C)c2ccccc2-c2ccc(N(c3cccc4c3-c3ccccc3C4(C)C)c3c(-c4ccccc4)cc(-c4cccc5ccccc45)cc3-c3cccc4ccccc34)cc21. The van der Waals surface area contributed by atoms with Crippen LogP contribution in [-0.4, -0.2) is 0 Å². The van der Waals surface area contributed by atoms with E-state index in [-0.39, 0.29) is 10.8 Å². The van der Waals surface area contributed by atoms with Crippen molar-refractivity contribution >= 4 is 38.6 Å². The van der Waals surface area contributed by atoms with Gasteiger partial charge in [0, 0.05) is 33.2 Å². The Hall–Kier alpha value is -7.48. The summed E-state index contributed by atoms with van der Waals surface area (Å²) in [7, 11) is 0. The quantitative estimate of drug-likeness (QED) is 0.162. The molecule has 2 aliphatic carbocycles. The van der Waals surface area contributed by atoms with Crippen molar-refractivity contribution < 1.29 is 0 Å². The summed E-state index contributed by atoms with van der Waals surface area (Å²) in [5.41, 5.74) is 20.9. The second kappa shape index (κ2) is 14.0. The highest BCUT2D eigenvalue weighted by molar-refractivity contribution is 6.10. The van der Waals surface area contributed by atoms with E-state index in [1.165, 1.54) is 105 Å². The molecule has 63 heavy (non-hydrogen) atoms.